The monoisotopic (exact) mass is 528 g/mol. The molecule has 1 heterocycles. The largest absolute Gasteiger partial charge is 0.377 e. The van der Waals surface area contributed by atoms with Gasteiger partial charge in [-0.1, -0.05) is 60.7 Å². The molecular formula is C28H40N4O6. The molecule has 3 rings (SSSR count). The van der Waals surface area contributed by atoms with E-state index in [1.807, 2.05) is 60.7 Å². The van der Waals surface area contributed by atoms with E-state index in [0.29, 0.717) is 79.0 Å². The third-order valence-corrected chi connectivity index (χ3v) is 6.24. The van der Waals surface area contributed by atoms with Crippen LogP contribution in [0.4, 0.5) is 0 Å². The topological polar surface area (TPSA) is 130 Å². The Morgan fingerprint density at radius 2 is 0.816 bits per heavy atom. The predicted molar refractivity (Wildman–Crippen MR) is 143 cm³/mol. The molecular weight excluding hydrogens is 488 g/mol. The summed E-state index contributed by atoms with van der Waals surface area (Å²) in [7, 11) is 0. The summed E-state index contributed by atoms with van der Waals surface area (Å²) in [5.41, 5.74) is 14.0. The van der Waals surface area contributed by atoms with Crippen LogP contribution in [-0.4, -0.2) is 101 Å². The van der Waals surface area contributed by atoms with E-state index in [9.17, 15) is 9.59 Å². The lowest BCUT2D eigenvalue weighted by Gasteiger charge is -2.27. The first-order valence-corrected chi connectivity index (χ1v) is 13.1. The van der Waals surface area contributed by atoms with Crippen LogP contribution in [0, 0.1) is 0 Å². The Hall–Kier alpha value is -2.86. The zero-order chi connectivity index (χ0) is 27.0. The molecule has 10 heteroatoms. The second-order valence-electron chi connectivity index (χ2n) is 8.88. The van der Waals surface area contributed by atoms with Crippen LogP contribution in [0.25, 0.3) is 0 Å². The molecule has 0 aromatic heterocycles. The van der Waals surface area contributed by atoms with Crippen LogP contribution in [0.2, 0.25) is 0 Å². The smallest absolute Gasteiger partial charge is 0.244 e. The van der Waals surface area contributed by atoms with Crippen molar-refractivity contribution in [2.75, 3.05) is 79.0 Å². The number of carbonyl (C=O) groups excluding carboxylic acids is 2. The van der Waals surface area contributed by atoms with Gasteiger partial charge < -0.3 is 40.2 Å². The molecule has 0 bridgehead atoms. The molecule has 1 fully saturated rings. The molecule has 2 atom stereocenters. The zero-order valence-corrected chi connectivity index (χ0v) is 21.9. The zero-order valence-electron chi connectivity index (χ0n) is 21.9. The Balaban J connectivity index is 1.51. The van der Waals surface area contributed by atoms with Gasteiger partial charge in [0.2, 0.25) is 11.8 Å². The fraction of sp³-hybridized carbons (Fsp3) is 0.500. The molecule has 208 valence electrons. The first-order valence-electron chi connectivity index (χ1n) is 13.1. The summed E-state index contributed by atoms with van der Waals surface area (Å²) in [6.07, 6.45) is 0. The minimum atomic E-state index is -0.749. The van der Waals surface area contributed by atoms with Crippen LogP contribution in [-0.2, 0) is 28.5 Å². The maximum absolute atomic E-state index is 13.0. The van der Waals surface area contributed by atoms with Crippen molar-refractivity contribution < 1.29 is 28.5 Å². The van der Waals surface area contributed by atoms with Gasteiger partial charge in [-0.15, -0.1) is 0 Å². The second-order valence-corrected chi connectivity index (χ2v) is 8.88. The van der Waals surface area contributed by atoms with Gasteiger partial charge in [-0.05, 0) is 11.1 Å². The number of carbonyl (C=O) groups is 2. The summed E-state index contributed by atoms with van der Waals surface area (Å²) in [5, 5.41) is 0. The number of nitrogens with two attached hydrogens (primary N) is 2. The van der Waals surface area contributed by atoms with Crippen LogP contribution in [0.1, 0.15) is 23.2 Å². The van der Waals surface area contributed by atoms with Crippen molar-refractivity contribution >= 4 is 11.8 Å². The van der Waals surface area contributed by atoms with Crippen LogP contribution in [0.15, 0.2) is 60.7 Å². The maximum Gasteiger partial charge on any atom is 0.244 e. The SMILES string of the molecule is NC(C(=O)N1CCOCCOCCN(C(=O)C(N)c2ccccc2)CCOCCOCC1)c1ccccc1. The molecule has 1 saturated heterocycles. The molecule has 1 aliphatic rings. The Kier molecular flexibility index (Phi) is 13.2. The van der Waals surface area contributed by atoms with E-state index >= 15 is 0 Å². The van der Waals surface area contributed by atoms with Gasteiger partial charge in [0.25, 0.3) is 0 Å². The molecule has 2 aromatic carbocycles. The third-order valence-electron chi connectivity index (χ3n) is 6.24. The Labute approximate surface area is 224 Å². The molecule has 0 saturated carbocycles. The molecule has 0 aliphatic carbocycles. The highest BCUT2D eigenvalue weighted by Gasteiger charge is 2.23. The number of amides is 2. The molecule has 1 aliphatic heterocycles. The van der Waals surface area contributed by atoms with Crippen molar-refractivity contribution in [2.24, 2.45) is 11.5 Å². The highest BCUT2D eigenvalue weighted by molar-refractivity contribution is 5.83. The lowest BCUT2D eigenvalue weighted by atomic mass is 10.1. The number of rotatable bonds is 4. The second kappa shape index (κ2) is 16.9. The fourth-order valence-corrected chi connectivity index (χ4v) is 4.01. The van der Waals surface area contributed by atoms with Gasteiger partial charge in [-0.25, -0.2) is 0 Å². The Morgan fingerprint density at radius 1 is 0.526 bits per heavy atom. The summed E-state index contributed by atoms with van der Waals surface area (Å²) in [4.78, 5) is 29.4. The summed E-state index contributed by atoms with van der Waals surface area (Å²) >= 11 is 0. The number of benzene rings is 2. The summed E-state index contributed by atoms with van der Waals surface area (Å²) < 4.78 is 22.8. The lowest BCUT2D eigenvalue weighted by Crippen LogP contribution is -2.43. The minimum Gasteiger partial charge on any atom is -0.377 e. The molecule has 2 unspecified atom stereocenters. The number of hydrogen-bond acceptors (Lipinski definition) is 8. The van der Waals surface area contributed by atoms with E-state index < -0.39 is 12.1 Å². The van der Waals surface area contributed by atoms with E-state index in [4.69, 9.17) is 30.4 Å². The first kappa shape index (κ1) is 29.7. The van der Waals surface area contributed by atoms with Crippen LogP contribution in [0.3, 0.4) is 0 Å². The Morgan fingerprint density at radius 3 is 1.11 bits per heavy atom. The highest BCUT2D eigenvalue weighted by atomic mass is 16.5. The van der Waals surface area contributed by atoms with E-state index in [2.05, 4.69) is 0 Å². The van der Waals surface area contributed by atoms with Crippen molar-refractivity contribution in [1.82, 2.24) is 9.80 Å². The van der Waals surface area contributed by atoms with Crippen LogP contribution in [0.5, 0.6) is 0 Å². The molecule has 0 spiro atoms. The predicted octanol–water partition coefficient (Wildman–Crippen LogP) is 1.12. The third kappa shape index (κ3) is 9.79. The van der Waals surface area contributed by atoms with Crippen LogP contribution < -0.4 is 11.5 Å². The van der Waals surface area contributed by atoms with E-state index in [1.165, 1.54) is 0 Å². The van der Waals surface area contributed by atoms with Crippen molar-refractivity contribution in [1.29, 1.82) is 0 Å². The van der Waals surface area contributed by atoms with Gasteiger partial charge in [0, 0.05) is 26.2 Å². The number of hydrogen-bond donors (Lipinski definition) is 2. The van der Waals surface area contributed by atoms with Crippen molar-refractivity contribution in [3.63, 3.8) is 0 Å². The Bertz CT molecular complexity index is 851. The van der Waals surface area contributed by atoms with E-state index in [0.717, 1.165) is 11.1 Å². The van der Waals surface area contributed by atoms with Crippen molar-refractivity contribution in [3.8, 4) is 0 Å². The standard InChI is InChI=1S/C28H40N4O6/c29-25(23-7-3-1-4-8-23)27(33)31-11-15-35-19-21-37-17-13-32(14-18-38-22-20-36-16-12-31)28(34)26(30)24-9-5-2-6-10-24/h1-10,25-26H,11-22,29-30H2. The molecule has 38 heavy (non-hydrogen) atoms. The summed E-state index contributed by atoms with van der Waals surface area (Å²) in [5.74, 6) is -0.354. The van der Waals surface area contributed by atoms with Gasteiger partial charge >= 0.3 is 0 Å². The quantitative estimate of drug-likeness (QED) is 0.604. The van der Waals surface area contributed by atoms with E-state index in [-0.39, 0.29) is 11.8 Å². The van der Waals surface area contributed by atoms with Crippen molar-refractivity contribution in [3.05, 3.63) is 71.8 Å². The van der Waals surface area contributed by atoms with Crippen LogP contribution >= 0.6 is 0 Å². The molecule has 10 nitrogen and oxygen atoms in total. The van der Waals surface area contributed by atoms with E-state index in [1.54, 1.807) is 9.80 Å². The maximum atomic E-state index is 13.0. The molecule has 2 amide bonds. The van der Waals surface area contributed by atoms with Gasteiger partial charge in [0.15, 0.2) is 0 Å². The van der Waals surface area contributed by atoms with Gasteiger partial charge in [0.05, 0.1) is 52.9 Å². The fourth-order valence-electron chi connectivity index (χ4n) is 4.01. The normalized spacial score (nSPS) is 19.1. The number of ether oxygens (including phenoxy) is 4. The molecule has 4 N–H and O–H groups in total. The summed E-state index contributed by atoms with van der Waals surface area (Å²) in [6, 6.07) is 17.1. The van der Waals surface area contributed by atoms with Gasteiger partial charge in [-0.2, -0.15) is 0 Å². The molecule has 0 radical (unpaired) electrons. The average molecular weight is 529 g/mol. The first-order chi connectivity index (χ1) is 18.6. The minimum absolute atomic E-state index is 0.177. The summed E-state index contributed by atoms with van der Waals surface area (Å²) in [6.45, 7) is 4.38. The lowest BCUT2D eigenvalue weighted by molar-refractivity contribution is -0.136. The van der Waals surface area contributed by atoms with Gasteiger partial charge in [-0.3, -0.25) is 9.59 Å². The number of nitrogens with zero attached hydrogens (tertiary/aromatic N) is 2. The average Bonchev–Trinajstić information content (AvgIpc) is 2.96. The highest BCUT2D eigenvalue weighted by Crippen LogP contribution is 2.14. The molecule has 2 aromatic rings. The van der Waals surface area contributed by atoms with Crippen molar-refractivity contribution in [2.45, 2.75) is 12.1 Å². The van der Waals surface area contributed by atoms with Gasteiger partial charge in [0.1, 0.15) is 12.1 Å².